The number of nitrogens with two attached hydrogens (primary N) is 3. The molecule has 26 nitrogen and oxygen atoms in total. The van der Waals surface area contributed by atoms with E-state index in [-0.39, 0.29) is 66.3 Å². The summed E-state index contributed by atoms with van der Waals surface area (Å²) in [5, 5.41) is 10.2. The number of aryl methyl sites for hydroxylation is 1. The van der Waals surface area contributed by atoms with Crippen LogP contribution in [0.1, 0.15) is 70.9 Å². The number of hydrogen-bond donors (Lipinski definition) is 4. The predicted octanol–water partition coefficient (Wildman–Crippen LogP) is 19.3. The van der Waals surface area contributed by atoms with Gasteiger partial charge in [-0.3, -0.25) is 19.2 Å². The maximum absolute atomic E-state index is 14.2. The number of oxazole rings is 5. The van der Waals surface area contributed by atoms with Gasteiger partial charge in [-0.05, 0) is 214 Å². The molecule has 0 saturated heterocycles. The number of halogens is 10. The minimum absolute atomic E-state index is 0.0812. The molecule has 5 heterocycles. The summed E-state index contributed by atoms with van der Waals surface area (Å²) < 4.78 is 151. The molecule has 0 aliphatic heterocycles. The molecule has 14 rings (SSSR count). The molecule has 0 saturated carbocycles. The monoisotopic (exact) mass is 1910 g/mol. The van der Waals surface area contributed by atoms with Crippen LogP contribution >= 0.6 is 63.7 Å². The Morgan fingerprint density at radius 3 is 0.992 bits per heavy atom. The van der Waals surface area contributed by atoms with E-state index in [4.69, 9.17) is 77.2 Å². The minimum Gasteiger partial charge on any atom is -0.508 e. The fourth-order valence-electron chi connectivity index (χ4n) is 10.2. The zero-order valence-electron chi connectivity index (χ0n) is 63.7. The Hall–Kier alpha value is -13.2. The van der Waals surface area contributed by atoms with Gasteiger partial charge >= 0.3 is 0 Å². The first-order chi connectivity index (χ1) is 57.7. The topological polar surface area (TPSA) is 371 Å². The summed E-state index contributed by atoms with van der Waals surface area (Å²) in [4.78, 5) is 65.8. The Bertz CT molecular complexity index is 5780. The van der Waals surface area contributed by atoms with Crippen LogP contribution in [0, 0.1) is 41.8 Å². The molecular formula is C84H68Br4F6N8O18. The Morgan fingerprint density at radius 2 is 0.683 bits per heavy atom. The van der Waals surface area contributed by atoms with Crippen molar-refractivity contribution >= 4 is 87.2 Å². The third-order valence-electron chi connectivity index (χ3n) is 16.3. The number of aromatic hydroxyl groups is 1. The first kappa shape index (κ1) is 90.7. The van der Waals surface area contributed by atoms with Gasteiger partial charge in [-0.25, -0.2) is 51.3 Å². The molecule has 0 atom stereocenters. The SMILES string of the molecule is COc1ccc(-c2coc(C)n2)cc1.COc1ccc(-c2coc(COc3ccc(F)c(C(N)=O)c3F)n2)cc1.COc1ccc(-c2nc(CBr)oc2Br)cc1.COc1ccc(-c2nc(COc3ccc(F)c(C(N)=O)c3F)oc2Br)cc1.COc1ccc(C(=O)CBr)cc1.NC(=O)c1c(F)ccc(OCc2nc(-c3ccc(O)cc3)co2)c1F. The number of hydrogen-bond acceptors (Lipinski definition) is 23. The van der Waals surface area contributed by atoms with Crippen LogP contribution in [0.15, 0.2) is 232 Å². The summed E-state index contributed by atoms with van der Waals surface area (Å²) >= 11 is 13.0. The van der Waals surface area contributed by atoms with Crippen LogP contribution in [0.5, 0.6) is 51.7 Å². The maximum atomic E-state index is 14.2. The number of primary amides is 3. The van der Waals surface area contributed by atoms with Gasteiger partial charge < -0.3 is 82.3 Å². The normalized spacial score (nSPS) is 10.4. The van der Waals surface area contributed by atoms with E-state index in [9.17, 15) is 50.6 Å². The molecule has 0 fully saturated rings. The number of phenolic OH excluding ortho intramolecular Hbond substituents is 1. The fourth-order valence-corrected chi connectivity index (χ4v) is 11.8. The third kappa shape index (κ3) is 24.7. The smallest absolute Gasteiger partial charge is 0.254 e. The summed E-state index contributed by atoms with van der Waals surface area (Å²) in [6, 6.07) is 48.9. The van der Waals surface area contributed by atoms with E-state index in [0.29, 0.717) is 71.5 Å². The molecule has 0 unspecified atom stereocenters. The molecule has 622 valence electrons. The Kier molecular flexibility index (Phi) is 33.2. The Morgan fingerprint density at radius 1 is 0.383 bits per heavy atom. The lowest BCUT2D eigenvalue weighted by Gasteiger charge is -2.08. The molecule has 5 aromatic heterocycles. The van der Waals surface area contributed by atoms with Crippen molar-refractivity contribution in [3.8, 4) is 108 Å². The highest BCUT2D eigenvalue weighted by Crippen LogP contribution is 2.35. The maximum Gasteiger partial charge on any atom is 0.254 e. The number of ketones is 1. The molecular weight excluding hydrogens is 1840 g/mol. The summed E-state index contributed by atoms with van der Waals surface area (Å²) in [5.41, 5.74) is 20.5. The lowest BCUT2D eigenvalue weighted by molar-refractivity contribution is 0.0982. The zero-order chi connectivity index (χ0) is 86.7. The van der Waals surface area contributed by atoms with Crippen molar-refractivity contribution in [1.82, 2.24) is 24.9 Å². The number of carbonyl (C=O) groups excluding carboxylic acids is 4. The number of aromatic nitrogens is 5. The van der Waals surface area contributed by atoms with Crippen LogP contribution in [0.25, 0.3) is 56.3 Å². The summed E-state index contributed by atoms with van der Waals surface area (Å²) in [6.07, 6.45) is 4.45. The molecule has 9 aromatic carbocycles. The minimum atomic E-state index is -1.23. The van der Waals surface area contributed by atoms with E-state index in [2.05, 4.69) is 88.6 Å². The van der Waals surface area contributed by atoms with E-state index in [0.717, 1.165) is 87.3 Å². The average molecular weight is 1910 g/mol. The third-order valence-corrected chi connectivity index (χ3v) is 18.3. The van der Waals surface area contributed by atoms with Gasteiger partial charge in [-0.2, -0.15) is 0 Å². The molecule has 3 amide bonds. The molecule has 14 aromatic rings. The van der Waals surface area contributed by atoms with Crippen molar-refractivity contribution in [2.45, 2.75) is 32.1 Å². The van der Waals surface area contributed by atoms with Crippen molar-refractivity contribution in [2.75, 3.05) is 40.9 Å². The molecule has 0 radical (unpaired) electrons. The lowest BCUT2D eigenvalue weighted by Crippen LogP contribution is -2.16. The number of phenols is 1. The number of carbonyl (C=O) groups is 4. The van der Waals surface area contributed by atoms with Crippen molar-refractivity contribution in [1.29, 1.82) is 0 Å². The van der Waals surface area contributed by atoms with E-state index in [1.165, 1.54) is 24.7 Å². The molecule has 36 heteroatoms. The lowest BCUT2D eigenvalue weighted by atomic mass is 10.1. The molecule has 0 spiro atoms. The first-order valence-corrected chi connectivity index (χ1v) is 38.5. The van der Waals surface area contributed by atoms with Crippen LogP contribution in [-0.4, -0.2) is 94.4 Å². The summed E-state index contributed by atoms with van der Waals surface area (Å²) in [6.45, 7) is 1.14. The number of nitrogens with zero attached hydrogens (tertiary/aromatic N) is 5. The van der Waals surface area contributed by atoms with Gasteiger partial charge in [0.05, 0.1) is 46.2 Å². The van der Waals surface area contributed by atoms with Gasteiger partial charge in [0, 0.05) is 40.3 Å². The second kappa shape index (κ2) is 43.9. The van der Waals surface area contributed by atoms with Crippen molar-refractivity contribution < 1.29 is 111 Å². The van der Waals surface area contributed by atoms with Crippen molar-refractivity contribution in [3.05, 3.63) is 297 Å². The molecule has 0 aliphatic rings. The van der Waals surface area contributed by atoms with Gasteiger partial charge in [-0.15, -0.1) is 0 Å². The highest BCUT2D eigenvalue weighted by atomic mass is 79.9. The van der Waals surface area contributed by atoms with Crippen molar-refractivity contribution in [3.63, 3.8) is 0 Å². The van der Waals surface area contributed by atoms with Crippen LogP contribution < -0.4 is 55.1 Å². The number of methoxy groups -OCH3 is 5. The molecule has 0 aliphatic carbocycles. The number of rotatable bonds is 25. The standard InChI is InChI=1S/C18H13BrF2N2O4.C18H14F2N2O4.C17H12F2N2O4.C11H9Br2NO2.C11H11NO2.C9H9BrO2/c1-25-10-4-2-9(3-5-10)16-17(19)27-13(23-16)8-26-12-7-6-11(20)14(15(12)21)18(22)24;1-24-11-4-2-10(3-5-11)13-8-26-15(22-13)9-25-14-7-6-12(19)16(17(14)20)18(21)23;18-11-5-6-13(16(19)15(11)17(20)23)24-8-14-21-12(7-25-14)9-1-3-10(22)4-2-9;1-15-8-4-2-7(3-5-8)10-11(13)16-9(6-12)14-10;1-8-12-11(7-14-8)9-3-5-10(13-2)6-4-9;1-12-8-4-2-7(3-5-8)9(11)6-10/h2-7H,8H2,1H3,(H2,22,24);2-8H,9H2,1H3,(H2,21,23);1-7,22H,8H2,(H2,20,23);2-5H,6H2,1H3;3-7H,1-2H3;2-5H,6H2,1H3. The van der Waals surface area contributed by atoms with E-state index >= 15 is 0 Å². The van der Waals surface area contributed by atoms with Crippen LogP contribution in [-0.2, 0) is 25.2 Å². The largest absolute Gasteiger partial charge is 0.508 e. The number of amides is 3. The van der Waals surface area contributed by atoms with Gasteiger partial charge in [0.1, 0.15) is 116 Å². The Balaban J connectivity index is 0.000000168. The predicted molar refractivity (Wildman–Crippen MR) is 439 cm³/mol. The second-order valence-corrected chi connectivity index (χ2v) is 26.6. The number of ether oxygens (including phenoxy) is 8. The highest BCUT2D eigenvalue weighted by Gasteiger charge is 2.24. The van der Waals surface area contributed by atoms with Gasteiger partial charge in [-0.1, -0.05) is 31.9 Å². The highest BCUT2D eigenvalue weighted by molar-refractivity contribution is 9.10. The average Bonchev–Trinajstić information content (AvgIpc) is 1.03. The van der Waals surface area contributed by atoms with E-state index in [1.54, 1.807) is 127 Å². The zero-order valence-corrected chi connectivity index (χ0v) is 70.1. The van der Waals surface area contributed by atoms with Crippen molar-refractivity contribution in [2.24, 2.45) is 17.2 Å². The molecule has 7 N–H and O–H groups in total. The van der Waals surface area contributed by atoms with Gasteiger partial charge in [0.2, 0.25) is 23.6 Å². The number of benzene rings is 9. The second-order valence-electron chi connectivity index (χ2n) is 24.0. The first-order valence-electron chi connectivity index (χ1n) is 34.7. The quantitative estimate of drug-likeness (QED) is 0.0234. The van der Waals surface area contributed by atoms with E-state index in [1.807, 2.05) is 55.5 Å². The molecule has 0 bridgehead atoms. The van der Waals surface area contributed by atoms with Crippen LogP contribution in [0.4, 0.5) is 26.3 Å². The number of alkyl halides is 2. The fraction of sp³-hybridized carbons (Fsp3) is 0.131. The van der Waals surface area contributed by atoms with Gasteiger partial charge in [0.25, 0.3) is 17.7 Å². The van der Waals surface area contributed by atoms with E-state index < -0.39 is 69.3 Å². The number of Topliss-reactive ketones (excluding diaryl/α,β-unsaturated/α-hetero) is 1. The van der Waals surface area contributed by atoms with Gasteiger partial charge in [0.15, 0.2) is 75.5 Å². The summed E-state index contributed by atoms with van der Waals surface area (Å²) in [7, 11) is 8.02. The molecule has 120 heavy (non-hydrogen) atoms. The van der Waals surface area contributed by atoms with Crippen LogP contribution in [0.2, 0.25) is 0 Å². The Labute approximate surface area is 713 Å². The summed E-state index contributed by atoms with van der Waals surface area (Å²) in [5.74, 6) is -5.57. The van der Waals surface area contributed by atoms with Crippen LogP contribution in [0.3, 0.4) is 0 Å².